The summed E-state index contributed by atoms with van der Waals surface area (Å²) in [7, 11) is 0. The highest BCUT2D eigenvalue weighted by molar-refractivity contribution is 7.99. The molecular formula is C28H27ClN2O3S. The molecule has 0 spiro atoms. The number of nitrogens with zero attached hydrogens (tertiary/aromatic N) is 2. The summed E-state index contributed by atoms with van der Waals surface area (Å²) in [6, 6.07) is 25.4. The van der Waals surface area contributed by atoms with Crippen molar-refractivity contribution in [2.45, 2.75) is 28.7 Å². The van der Waals surface area contributed by atoms with Gasteiger partial charge in [-0.1, -0.05) is 54.2 Å². The van der Waals surface area contributed by atoms with Gasteiger partial charge < -0.3 is 21.6 Å². The summed E-state index contributed by atoms with van der Waals surface area (Å²) >= 11 is 1.71. The fraction of sp³-hybridized carbons (Fsp3) is 0.286. The summed E-state index contributed by atoms with van der Waals surface area (Å²) in [6.45, 7) is 3.05. The van der Waals surface area contributed by atoms with Crippen molar-refractivity contribution in [2.24, 2.45) is 5.92 Å². The molecule has 3 fully saturated rings. The first-order chi connectivity index (χ1) is 16.6. The minimum Gasteiger partial charge on any atom is -1.00 e. The summed E-state index contributed by atoms with van der Waals surface area (Å²) in [5, 5.41) is 0. The van der Waals surface area contributed by atoms with Crippen LogP contribution < -0.4 is 17.3 Å². The van der Waals surface area contributed by atoms with Gasteiger partial charge in [-0.2, -0.15) is 0 Å². The lowest BCUT2D eigenvalue weighted by atomic mass is 9.83. The number of amides is 1. The maximum absolute atomic E-state index is 13.9. The lowest BCUT2D eigenvalue weighted by Crippen LogP contribution is -3.00. The van der Waals surface area contributed by atoms with E-state index in [0.717, 1.165) is 47.1 Å². The maximum Gasteiger partial charge on any atom is 0.338 e. The number of rotatable bonds is 4. The number of carbonyl (C=O) groups is 2. The normalized spacial score (nSPS) is 24.1. The summed E-state index contributed by atoms with van der Waals surface area (Å²) in [5.41, 5.74) is 2.49. The summed E-state index contributed by atoms with van der Waals surface area (Å²) in [4.78, 5) is 30.7. The second-order valence-electron chi connectivity index (χ2n) is 9.54. The van der Waals surface area contributed by atoms with Crippen LogP contribution in [-0.4, -0.2) is 48.6 Å². The van der Waals surface area contributed by atoms with Gasteiger partial charge in [0, 0.05) is 28.6 Å². The van der Waals surface area contributed by atoms with E-state index in [2.05, 4.69) is 12.1 Å². The Bertz CT molecular complexity index is 1200. The third-order valence-corrected chi connectivity index (χ3v) is 8.59. The van der Waals surface area contributed by atoms with Gasteiger partial charge in [0.15, 0.2) is 12.6 Å². The maximum atomic E-state index is 13.9. The van der Waals surface area contributed by atoms with Gasteiger partial charge in [-0.05, 0) is 36.4 Å². The van der Waals surface area contributed by atoms with Crippen LogP contribution in [-0.2, 0) is 9.53 Å². The second kappa shape index (κ2) is 9.69. The summed E-state index contributed by atoms with van der Waals surface area (Å²) in [5.74, 6) is 0.226. The molecule has 0 aromatic heterocycles. The number of esters is 1. The Kier molecular flexibility index (Phi) is 6.62. The van der Waals surface area contributed by atoms with E-state index < -0.39 is 0 Å². The predicted octanol–water partition coefficient (Wildman–Crippen LogP) is 2.29. The van der Waals surface area contributed by atoms with E-state index in [-0.39, 0.29) is 30.4 Å². The van der Waals surface area contributed by atoms with Crippen molar-refractivity contribution in [1.82, 2.24) is 0 Å². The van der Waals surface area contributed by atoms with Crippen LogP contribution in [0, 0.1) is 5.92 Å². The zero-order chi connectivity index (χ0) is 23.1. The molecule has 0 radical (unpaired) electrons. The molecule has 7 rings (SSSR count). The fourth-order valence-corrected chi connectivity index (χ4v) is 6.75. The molecule has 180 valence electrons. The smallest absolute Gasteiger partial charge is 0.338 e. The number of ether oxygens (including phenoxy) is 1. The largest absolute Gasteiger partial charge is 1.00 e. The van der Waals surface area contributed by atoms with Gasteiger partial charge in [0.05, 0.1) is 30.0 Å². The van der Waals surface area contributed by atoms with Gasteiger partial charge in [-0.25, -0.2) is 4.79 Å². The fourth-order valence-electron chi connectivity index (χ4n) is 5.69. The van der Waals surface area contributed by atoms with E-state index in [4.69, 9.17) is 4.74 Å². The molecule has 7 heteroatoms. The van der Waals surface area contributed by atoms with Crippen LogP contribution in [0.3, 0.4) is 0 Å². The number of piperidine rings is 3. The number of fused-ring (bicyclic) bond motifs is 5. The van der Waals surface area contributed by atoms with E-state index in [1.165, 1.54) is 0 Å². The van der Waals surface area contributed by atoms with Crippen LogP contribution >= 0.6 is 11.8 Å². The Balaban J connectivity index is 0.00000253. The van der Waals surface area contributed by atoms with E-state index in [0.29, 0.717) is 29.1 Å². The van der Waals surface area contributed by atoms with Crippen LogP contribution in [0.1, 0.15) is 23.2 Å². The van der Waals surface area contributed by atoms with Crippen LogP contribution in [0.25, 0.3) is 0 Å². The van der Waals surface area contributed by atoms with Crippen molar-refractivity contribution in [3.05, 3.63) is 84.4 Å². The highest BCUT2D eigenvalue weighted by Gasteiger charge is 2.49. The van der Waals surface area contributed by atoms with Crippen LogP contribution in [0.15, 0.2) is 88.7 Å². The Morgan fingerprint density at radius 1 is 0.857 bits per heavy atom. The Hall–Kier alpha value is -2.80. The van der Waals surface area contributed by atoms with Crippen molar-refractivity contribution >= 4 is 35.0 Å². The molecule has 1 amide bonds. The number of halogens is 1. The molecule has 2 bridgehead atoms. The number of benzene rings is 3. The molecule has 4 aliphatic rings. The Labute approximate surface area is 216 Å². The van der Waals surface area contributed by atoms with Crippen molar-refractivity contribution in [2.75, 3.05) is 31.1 Å². The first kappa shape index (κ1) is 23.9. The van der Waals surface area contributed by atoms with Crippen molar-refractivity contribution in [3.63, 3.8) is 0 Å². The lowest BCUT2D eigenvalue weighted by molar-refractivity contribution is -0.939. The molecule has 3 aromatic rings. The highest BCUT2D eigenvalue weighted by Crippen LogP contribution is 2.48. The molecule has 0 N–H and O–H groups in total. The van der Waals surface area contributed by atoms with E-state index in [1.54, 1.807) is 23.9 Å². The predicted molar refractivity (Wildman–Crippen MR) is 132 cm³/mol. The van der Waals surface area contributed by atoms with Crippen LogP contribution in [0.5, 0.6) is 0 Å². The zero-order valence-corrected chi connectivity index (χ0v) is 20.9. The van der Waals surface area contributed by atoms with Gasteiger partial charge in [0.25, 0.3) is 5.91 Å². The third kappa shape index (κ3) is 4.46. The molecule has 0 aliphatic carbocycles. The van der Waals surface area contributed by atoms with Crippen LogP contribution in [0.4, 0.5) is 11.4 Å². The second-order valence-corrected chi connectivity index (χ2v) is 10.6. The van der Waals surface area contributed by atoms with Crippen molar-refractivity contribution in [1.29, 1.82) is 0 Å². The van der Waals surface area contributed by atoms with Crippen molar-refractivity contribution < 1.29 is 31.2 Å². The monoisotopic (exact) mass is 506 g/mol. The first-order valence-corrected chi connectivity index (χ1v) is 12.7. The van der Waals surface area contributed by atoms with Gasteiger partial charge in [0.2, 0.25) is 0 Å². The number of hydrogen-bond acceptors (Lipinski definition) is 4. The van der Waals surface area contributed by atoms with Gasteiger partial charge in [0.1, 0.15) is 6.54 Å². The summed E-state index contributed by atoms with van der Waals surface area (Å²) in [6.07, 6.45) is 1.84. The van der Waals surface area contributed by atoms with Gasteiger partial charge in [-0.15, -0.1) is 0 Å². The molecule has 35 heavy (non-hydrogen) atoms. The summed E-state index contributed by atoms with van der Waals surface area (Å²) < 4.78 is 6.68. The SMILES string of the molecule is O=C(OC1C[N+]2(CC(=O)N3c4ccccc4Sc4ccccc43)CCC1CC2)c1ccccc1.[Cl-]. The Morgan fingerprint density at radius 3 is 2.06 bits per heavy atom. The average Bonchev–Trinajstić information content (AvgIpc) is 2.88. The standard InChI is InChI=1S/C28H27N2O3S.ClH/c31-27(29-22-10-4-6-12-25(22)34-26-13-7-5-11-23(26)29)19-30-16-14-20(15-17-30)24(18-30)33-28(32)21-8-2-1-3-9-21;/h1-13,20,24H,14-19H2;1H/q+1;/p-1. The van der Waals surface area contributed by atoms with E-state index >= 15 is 0 Å². The Morgan fingerprint density at radius 2 is 1.43 bits per heavy atom. The molecule has 3 saturated heterocycles. The molecule has 5 nitrogen and oxygen atoms in total. The van der Waals surface area contributed by atoms with Gasteiger partial charge in [-0.3, -0.25) is 9.69 Å². The number of carbonyl (C=O) groups excluding carboxylic acids is 2. The van der Waals surface area contributed by atoms with Crippen molar-refractivity contribution in [3.8, 4) is 0 Å². The number of hydrogen-bond donors (Lipinski definition) is 0. The minimum atomic E-state index is -0.264. The quantitative estimate of drug-likeness (QED) is 0.402. The van der Waals surface area contributed by atoms with E-state index in [1.807, 2.05) is 59.5 Å². The number of quaternary nitrogens is 1. The molecule has 4 aliphatic heterocycles. The lowest BCUT2D eigenvalue weighted by Gasteiger charge is -2.52. The average molecular weight is 507 g/mol. The van der Waals surface area contributed by atoms with E-state index in [9.17, 15) is 9.59 Å². The molecule has 1 atom stereocenters. The molecule has 0 saturated carbocycles. The number of para-hydroxylation sites is 2. The van der Waals surface area contributed by atoms with Gasteiger partial charge >= 0.3 is 5.97 Å². The molecule has 4 heterocycles. The highest BCUT2D eigenvalue weighted by atomic mass is 35.5. The minimum absolute atomic E-state index is 0. The first-order valence-electron chi connectivity index (χ1n) is 11.9. The molecule has 1 unspecified atom stereocenters. The topological polar surface area (TPSA) is 46.6 Å². The number of anilines is 2. The van der Waals surface area contributed by atoms with Crippen LogP contribution in [0.2, 0.25) is 0 Å². The third-order valence-electron chi connectivity index (χ3n) is 7.46. The zero-order valence-electron chi connectivity index (χ0n) is 19.3. The molecule has 3 aromatic carbocycles. The molecular weight excluding hydrogens is 480 g/mol.